The Hall–Kier alpha value is -0.0231. The molecule has 0 aromatic heterocycles. The standard InChI is InChI=1S/C20H41ClO2Si/c1-4-7-12-17-24(18-13-8-5-2,19-14-9-6-3)23-20(22)15-10-11-16-21/h4-19H2,1-3H3. The van der Waals surface area contributed by atoms with Crippen LogP contribution in [0.2, 0.25) is 18.1 Å². The molecular weight excluding hydrogens is 336 g/mol. The van der Waals surface area contributed by atoms with Gasteiger partial charge in [-0.1, -0.05) is 78.6 Å². The first-order valence-electron chi connectivity index (χ1n) is 10.4. The molecule has 0 N–H and O–H groups in total. The molecule has 0 aromatic rings. The molecule has 0 spiro atoms. The summed E-state index contributed by atoms with van der Waals surface area (Å²) in [5, 5.41) is 0. The van der Waals surface area contributed by atoms with Crippen LogP contribution in [0.4, 0.5) is 0 Å². The maximum absolute atomic E-state index is 12.4. The highest BCUT2D eigenvalue weighted by Gasteiger charge is 2.36. The van der Waals surface area contributed by atoms with E-state index in [1.807, 2.05) is 0 Å². The number of rotatable bonds is 17. The molecule has 0 aliphatic rings. The molecule has 0 aromatic carbocycles. The van der Waals surface area contributed by atoms with E-state index in [0.717, 1.165) is 12.8 Å². The van der Waals surface area contributed by atoms with Crippen LogP contribution in [0.1, 0.15) is 97.8 Å². The second-order valence-corrected chi connectivity index (χ2v) is 11.6. The number of alkyl halides is 1. The second kappa shape index (κ2) is 16.4. The fourth-order valence-corrected chi connectivity index (χ4v) is 7.79. The lowest BCUT2D eigenvalue weighted by molar-refractivity contribution is -0.135. The number of hydrogen-bond donors (Lipinski definition) is 0. The van der Waals surface area contributed by atoms with Gasteiger partial charge >= 0.3 is 0 Å². The number of unbranched alkanes of at least 4 members (excludes halogenated alkanes) is 7. The van der Waals surface area contributed by atoms with Gasteiger partial charge in [0, 0.05) is 12.3 Å². The SMILES string of the molecule is CCCCC[Si](CCCCC)(CCCCC)OC(=O)CCCCCl. The van der Waals surface area contributed by atoms with Crippen molar-refractivity contribution in [1.82, 2.24) is 0 Å². The Bertz CT molecular complexity index is 271. The smallest absolute Gasteiger partial charge is 0.292 e. The molecule has 0 fully saturated rings. The summed E-state index contributed by atoms with van der Waals surface area (Å²) in [6, 6.07) is 3.53. The Balaban J connectivity index is 4.79. The summed E-state index contributed by atoms with van der Waals surface area (Å²) in [6.45, 7) is 6.74. The van der Waals surface area contributed by atoms with Crippen molar-refractivity contribution in [2.24, 2.45) is 0 Å². The summed E-state index contributed by atoms with van der Waals surface area (Å²) in [4.78, 5) is 12.4. The van der Waals surface area contributed by atoms with E-state index in [0.29, 0.717) is 12.3 Å². The molecule has 4 heteroatoms. The Morgan fingerprint density at radius 3 is 1.58 bits per heavy atom. The van der Waals surface area contributed by atoms with E-state index in [1.165, 1.54) is 75.9 Å². The molecule has 0 unspecified atom stereocenters. The van der Waals surface area contributed by atoms with Gasteiger partial charge in [-0.3, -0.25) is 4.79 Å². The monoisotopic (exact) mass is 376 g/mol. The van der Waals surface area contributed by atoms with Gasteiger partial charge in [0.2, 0.25) is 0 Å². The lowest BCUT2D eigenvalue weighted by Gasteiger charge is -2.32. The van der Waals surface area contributed by atoms with Gasteiger partial charge in [0.05, 0.1) is 0 Å². The van der Waals surface area contributed by atoms with Crippen molar-refractivity contribution in [3.05, 3.63) is 0 Å². The molecule has 0 rings (SSSR count). The zero-order valence-corrected chi connectivity index (χ0v) is 18.3. The number of halogens is 1. The minimum Gasteiger partial charge on any atom is -0.519 e. The summed E-state index contributed by atoms with van der Waals surface area (Å²) in [5.74, 6) is 0.690. The first-order chi connectivity index (χ1) is 11.6. The van der Waals surface area contributed by atoms with Crippen molar-refractivity contribution in [2.75, 3.05) is 5.88 Å². The first kappa shape index (κ1) is 24.0. The van der Waals surface area contributed by atoms with Crippen LogP contribution in [-0.2, 0) is 9.22 Å². The molecule has 2 nitrogen and oxygen atoms in total. The van der Waals surface area contributed by atoms with Gasteiger partial charge in [-0.15, -0.1) is 11.6 Å². The van der Waals surface area contributed by atoms with Crippen LogP contribution < -0.4 is 0 Å². The Labute approximate surface area is 157 Å². The molecule has 0 heterocycles. The van der Waals surface area contributed by atoms with Gasteiger partial charge in [0.25, 0.3) is 14.3 Å². The summed E-state index contributed by atoms with van der Waals surface area (Å²) < 4.78 is 6.28. The van der Waals surface area contributed by atoms with Crippen LogP contribution in [0.25, 0.3) is 0 Å². The molecule has 0 atom stereocenters. The van der Waals surface area contributed by atoms with Crippen LogP contribution in [0, 0.1) is 0 Å². The Morgan fingerprint density at radius 1 is 0.750 bits per heavy atom. The van der Waals surface area contributed by atoms with Crippen molar-refractivity contribution in [2.45, 2.75) is 116 Å². The molecule has 0 saturated heterocycles. The van der Waals surface area contributed by atoms with Gasteiger partial charge in [0.15, 0.2) is 0 Å². The van der Waals surface area contributed by atoms with Gasteiger partial charge < -0.3 is 4.43 Å². The molecule has 24 heavy (non-hydrogen) atoms. The lowest BCUT2D eigenvalue weighted by Crippen LogP contribution is -2.40. The maximum atomic E-state index is 12.4. The average molecular weight is 377 g/mol. The molecule has 0 aliphatic carbocycles. The highest BCUT2D eigenvalue weighted by molar-refractivity contribution is 6.75. The van der Waals surface area contributed by atoms with Crippen molar-refractivity contribution >= 4 is 25.9 Å². The highest BCUT2D eigenvalue weighted by atomic mass is 35.5. The predicted octanol–water partition coefficient (Wildman–Crippen LogP) is 7.45. The van der Waals surface area contributed by atoms with Crippen LogP contribution in [-0.4, -0.2) is 20.2 Å². The average Bonchev–Trinajstić information content (AvgIpc) is 2.56. The second-order valence-electron chi connectivity index (χ2n) is 7.17. The third-order valence-electron chi connectivity index (χ3n) is 4.80. The quantitative estimate of drug-likeness (QED) is 0.149. The molecule has 0 amide bonds. The van der Waals surface area contributed by atoms with Crippen molar-refractivity contribution in [3.8, 4) is 0 Å². The van der Waals surface area contributed by atoms with Crippen molar-refractivity contribution < 1.29 is 9.22 Å². The van der Waals surface area contributed by atoms with E-state index in [9.17, 15) is 4.79 Å². The third kappa shape index (κ3) is 12.4. The normalized spacial score (nSPS) is 11.7. The Morgan fingerprint density at radius 2 is 1.21 bits per heavy atom. The molecule has 0 radical (unpaired) electrons. The van der Waals surface area contributed by atoms with Gasteiger partial charge in [-0.05, 0) is 31.0 Å². The summed E-state index contributed by atoms with van der Waals surface area (Å²) in [6.07, 6.45) is 13.5. The topological polar surface area (TPSA) is 26.3 Å². The fraction of sp³-hybridized carbons (Fsp3) is 0.950. The van der Waals surface area contributed by atoms with Crippen molar-refractivity contribution in [1.29, 1.82) is 0 Å². The number of carbonyl (C=O) groups is 1. The van der Waals surface area contributed by atoms with E-state index < -0.39 is 8.32 Å². The molecule has 0 aliphatic heterocycles. The van der Waals surface area contributed by atoms with E-state index in [4.69, 9.17) is 16.0 Å². The van der Waals surface area contributed by atoms with Gasteiger partial charge in [0.1, 0.15) is 0 Å². The zero-order chi connectivity index (χ0) is 18.1. The van der Waals surface area contributed by atoms with Crippen LogP contribution in [0.3, 0.4) is 0 Å². The predicted molar refractivity (Wildman–Crippen MR) is 109 cm³/mol. The lowest BCUT2D eigenvalue weighted by atomic mass is 10.3. The molecule has 144 valence electrons. The van der Waals surface area contributed by atoms with Gasteiger partial charge in [-0.25, -0.2) is 0 Å². The van der Waals surface area contributed by atoms with E-state index in [2.05, 4.69) is 20.8 Å². The summed E-state index contributed by atoms with van der Waals surface area (Å²) >= 11 is 5.73. The highest BCUT2D eigenvalue weighted by Crippen LogP contribution is 2.31. The van der Waals surface area contributed by atoms with E-state index in [1.54, 1.807) is 0 Å². The number of carbonyl (C=O) groups excluding carboxylic acids is 1. The van der Waals surface area contributed by atoms with Crippen LogP contribution >= 0.6 is 11.6 Å². The minimum absolute atomic E-state index is 0.0521. The van der Waals surface area contributed by atoms with E-state index >= 15 is 0 Å². The Kier molecular flexibility index (Phi) is 16.4. The summed E-state index contributed by atoms with van der Waals surface area (Å²) in [7, 11) is -1.91. The maximum Gasteiger partial charge on any atom is 0.292 e. The third-order valence-corrected chi connectivity index (χ3v) is 9.53. The number of hydrogen-bond acceptors (Lipinski definition) is 2. The largest absolute Gasteiger partial charge is 0.519 e. The van der Waals surface area contributed by atoms with Crippen LogP contribution in [0.5, 0.6) is 0 Å². The van der Waals surface area contributed by atoms with E-state index in [-0.39, 0.29) is 5.97 Å². The fourth-order valence-electron chi connectivity index (χ4n) is 3.28. The first-order valence-corrected chi connectivity index (χ1v) is 13.5. The molecule has 0 bridgehead atoms. The van der Waals surface area contributed by atoms with Crippen molar-refractivity contribution in [3.63, 3.8) is 0 Å². The van der Waals surface area contributed by atoms with Crippen LogP contribution in [0.15, 0.2) is 0 Å². The molecular formula is C20H41ClO2Si. The summed E-state index contributed by atoms with van der Waals surface area (Å²) in [5.41, 5.74) is 0. The molecule has 0 saturated carbocycles. The minimum atomic E-state index is -1.91. The van der Waals surface area contributed by atoms with Gasteiger partial charge in [-0.2, -0.15) is 0 Å². The zero-order valence-electron chi connectivity index (χ0n) is 16.5.